The molecule has 0 aliphatic rings. The molecule has 0 spiro atoms. The molecule has 188 valence electrons. The summed E-state index contributed by atoms with van der Waals surface area (Å²) in [6, 6.07) is 21.5. The molecule has 0 atom stereocenters. The van der Waals surface area contributed by atoms with E-state index in [9.17, 15) is 14.4 Å². The first kappa shape index (κ1) is 26.8. The summed E-state index contributed by atoms with van der Waals surface area (Å²) in [5.74, 6) is -0.132. The van der Waals surface area contributed by atoms with Crippen molar-refractivity contribution in [1.29, 1.82) is 0 Å². The minimum Gasteiger partial charge on any atom is -0.457 e. The number of nitrogens with one attached hydrogen (secondary N) is 2. The van der Waals surface area contributed by atoms with Crippen LogP contribution in [0.3, 0.4) is 0 Å². The predicted octanol–water partition coefficient (Wildman–Crippen LogP) is 6.33. The van der Waals surface area contributed by atoms with E-state index in [0.29, 0.717) is 22.1 Å². The lowest BCUT2D eigenvalue weighted by atomic mass is 9.87. The van der Waals surface area contributed by atoms with Crippen LogP contribution in [0.1, 0.15) is 39.2 Å². The Kier molecular flexibility index (Phi) is 9.08. The van der Waals surface area contributed by atoms with E-state index in [0.717, 1.165) is 5.75 Å². The molecule has 7 nitrogen and oxygen atoms in total. The van der Waals surface area contributed by atoms with Gasteiger partial charge in [-0.25, -0.2) is 0 Å². The lowest BCUT2D eigenvalue weighted by Gasteiger charge is -2.19. The second-order valence-electron chi connectivity index (χ2n) is 9.17. The first-order valence-corrected chi connectivity index (χ1v) is 11.9. The molecule has 2 amide bonds. The van der Waals surface area contributed by atoms with Gasteiger partial charge < -0.3 is 20.1 Å². The van der Waals surface area contributed by atoms with Crippen LogP contribution < -0.4 is 15.4 Å². The number of hydrogen-bond acceptors (Lipinski definition) is 5. The molecule has 3 rings (SSSR count). The summed E-state index contributed by atoms with van der Waals surface area (Å²) in [4.78, 5) is 35.9. The number of anilines is 2. The van der Waals surface area contributed by atoms with Gasteiger partial charge in [-0.2, -0.15) is 0 Å². The third-order valence-corrected chi connectivity index (χ3v) is 5.36. The third-order valence-electron chi connectivity index (χ3n) is 5.12. The van der Waals surface area contributed by atoms with E-state index in [2.05, 4.69) is 31.4 Å². The lowest BCUT2D eigenvalue weighted by Crippen LogP contribution is -2.21. The molecule has 0 saturated carbocycles. The molecule has 0 unspecified atom stereocenters. The van der Waals surface area contributed by atoms with Crippen molar-refractivity contribution in [2.75, 3.05) is 17.2 Å². The Morgan fingerprint density at radius 1 is 0.778 bits per heavy atom. The van der Waals surface area contributed by atoms with Gasteiger partial charge in [-0.1, -0.05) is 50.6 Å². The van der Waals surface area contributed by atoms with Crippen LogP contribution in [0.2, 0.25) is 5.02 Å². The molecular weight excluding hydrogens is 480 g/mol. The number of esters is 1. The maximum Gasteiger partial charge on any atom is 0.306 e. The van der Waals surface area contributed by atoms with E-state index in [1.54, 1.807) is 48.5 Å². The van der Waals surface area contributed by atoms with Crippen LogP contribution in [0.4, 0.5) is 11.4 Å². The van der Waals surface area contributed by atoms with Gasteiger partial charge in [0.25, 0.3) is 5.91 Å². The van der Waals surface area contributed by atoms with Gasteiger partial charge in [0, 0.05) is 22.8 Å². The molecule has 0 fully saturated rings. The zero-order valence-corrected chi connectivity index (χ0v) is 21.2. The van der Waals surface area contributed by atoms with Crippen molar-refractivity contribution in [3.63, 3.8) is 0 Å². The number of amides is 2. The molecular formula is C28H29ClN2O5. The van der Waals surface area contributed by atoms with Crippen molar-refractivity contribution >= 4 is 40.8 Å². The number of carbonyl (C=O) groups excluding carboxylic acids is 3. The van der Waals surface area contributed by atoms with Crippen LogP contribution in [0, 0.1) is 0 Å². The Morgan fingerprint density at radius 3 is 2.00 bits per heavy atom. The fraction of sp³-hybridized carbons (Fsp3) is 0.250. The summed E-state index contributed by atoms with van der Waals surface area (Å²) in [7, 11) is 0. The fourth-order valence-electron chi connectivity index (χ4n) is 3.19. The maximum absolute atomic E-state index is 12.2. The van der Waals surface area contributed by atoms with Gasteiger partial charge in [-0.15, -0.1) is 0 Å². The second kappa shape index (κ2) is 12.2. The molecule has 3 aromatic carbocycles. The minimum atomic E-state index is -0.646. The standard InChI is InChI=1S/C28H29ClN2O5/c1-28(2,3)19-7-11-23(12-8-19)36-24-13-9-21(10-14-24)30-25(32)15-16-27(34)35-18-26(33)31-22-6-4-5-20(29)17-22/h4-14,17H,15-16,18H2,1-3H3,(H,30,32)(H,31,33). The number of halogens is 1. The van der Waals surface area contributed by atoms with Crippen LogP contribution in [-0.4, -0.2) is 24.4 Å². The van der Waals surface area contributed by atoms with Crippen LogP contribution in [0.15, 0.2) is 72.8 Å². The number of hydrogen-bond donors (Lipinski definition) is 2. The fourth-order valence-corrected chi connectivity index (χ4v) is 3.38. The van der Waals surface area contributed by atoms with Crippen molar-refractivity contribution in [1.82, 2.24) is 0 Å². The molecule has 2 N–H and O–H groups in total. The zero-order chi connectivity index (χ0) is 26.1. The van der Waals surface area contributed by atoms with Crippen LogP contribution in [0.25, 0.3) is 0 Å². The summed E-state index contributed by atoms with van der Waals surface area (Å²) < 4.78 is 10.8. The molecule has 0 aliphatic heterocycles. The normalized spacial score (nSPS) is 10.9. The molecule has 0 heterocycles. The SMILES string of the molecule is CC(C)(C)c1ccc(Oc2ccc(NC(=O)CCC(=O)OCC(=O)Nc3cccc(Cl)c3)cc2)cc1. The third kappa shape index (κ3) is 8.74. The number of ether oxygens (including phenoxy) is 2. The Hall–Kier alpha value is -3.84. The molecule has 0 aliphatic carbocycles. The zero-order valence-electron chi connectivity index (χ0n) is 20.5. The van der Waals surface area contributed by atoms with E-state index in [1.807, 2.05) is 24.3 Å². The average Bonchev–Trinajstić information content (AvgIpc) is 2.82. The minimum absolute atomic E-state index is 0.0708. The highest BCUT2D eigenvalue weighted by Gasteiger charge is 2.14. The Labute approximate surface area is 215 Å². The largest absolute Gasteiger partial charge is 0.457 e. The maximum atomic E-state index is 12.2. The van der Waals surface area contributed by atoms with Gasteiger partial charge in [-0.3, -0.25) is 14.4 Å². The number of benzene rings is 3. The lowest BCUT2D eigenvalue weighted by molar-refractivity contribution is -0.147. The van der Waals surface area contributed by atoms with Gasteiger partial charge in [0.15, 0.2) is 6.61 Å². The summed E-state index contributed by atoms with van der Waals surface area (Å²) in [6.07, 6.45) is -0.227. The van der Waals surface area contributed by atoms with E-state index >= 15 is 0 Å². The molecule has 3 aromatic rings. The Bertz CT molecular complexity index is 1200. The predicted molar refractivity (Wildman–Crippen MR) is 141 cm³/mol. The van der Waals surface area contributed by atoms with Crippen molar-refractivity contribution < 1.29 is 23.9 Å². The highest BCUT2D eigenvalue weighted by Crippen LogP contribution is 2.27. The molecule has 0 aromatic heterocycles. The van der Waals surface area contributed by atoms with E-state index in [-0.39, 0.29) is 24.2 Å². The van der Waals surface area contributed by atoms with Gasteiger partial charge in [0.2, 0.25) is 5.91 Å². The monoisotopic (exact) mass is 508 g/mol. The molecule has 36 heavy (non-hydrogen) atoms. The van der Waals surface area contributed by atoms with Crippen LogP contribution >= 0.6 is 11.6 Å². The van der Waals surface area contributed by atoms with Gasteiger partial charge in [-0.05, 0) is 65.6 Å². The van der Waals surface area contributed by atoms with E-state index < -0.39 is 18.5 Å². The summed E-state index contributed by atoms with van der Waals surface area (Å²) in [6.45, 7) is 6.01. The van der Waals surface area contributed by atoms with Crippen molar-refractivity contribution in [2.45, 2.75) is 39.0 Å². The molecule has 0 saturated heterocycles. The highest BCUT2D eigenvalue weighted by molar-refractivity contribution is 6.30. The topological polar surface area (TPSA) is 93.7 Å². The van der Waals surface area contributed by atoms with Crippen molar-refractivity contribution in [2.24, 2.45) is 0 Å². The first-order valence-electron chi connectivity index (χ1n) is 11.5. The van der Waals surface area contributed by atoms with E-state index in [4.69, 9.17) is 21.1 Å². The summed E-state index contributed by atoms with van der Waals surface area (Å²) in [5.41, 5.74) is 2.36. The molecule has 0 radical (unpaired) electrons. The summed E-state index contributed by atoms with van der Waals surface area (Å²) >= 11 is 5.86. The van der Waals surface area contributed by atoms with Crippen LogP contribution in [0.5, 0.6) is 11.5 Å². The highest BCUT2D eigenvalue weighted by atomic mass is 35.5. The van der Waals surface area contributed by atoms with Crippen molar-refractivity contribution in [3.8, 4) is 11.5 Å². The second-order valence-corrected chi connectivity index (χ2v) is 9.60. The van der Waals surface area contributed by atoms with Gasteiger partial charge in [0.05, 0.1) is 6.42 Å². The van der Waals surface area contributed by atoms with E-state index in [1.165, 1.54) is 5.56 Å². The molecule has 0 bridgehead atoms. The van der Waals surface area contributed by atoms with Gasteiger partial charge >= 0.3 is 5.97 Å². The average molecular weight is 509 g/mol. The number of carbonyl (C=O) groups is 3. The molecule has 8 heteroatoms. The Balaban J connectivity index is 1.38. The smallest absolute Gasteiger partial charge is 0.306 e. The Morgan fingerprint density at radius 2 is 1.39 bits per heavy atom. The van der Waals surface area contributed by atoms with Crippen molar-refractivity contribution in [3.05, 3.63) is 83.4 Å². The first-order chi connectivity index (χ1) is 17.1. The quantitative estimate of drug-likeness (QED) is 0.329. The van der Waals surface area contributed by atoms with Crippen LogP contribution in [-0.2, 0) is 24.5 Å². The summed E-state index contributed by atoms with van der Waals surface area (Å²) in [5, 5.41) is 5.77. The van der Waals surface area contributed by atoms with Gasteiger partial charge in [0.1, 0.15) is 11.5 Å². The number of rotatable bonds is 9.